The summed E-state index contributed by atoms with van der Waals surface area (Å²) in [5.74, 6) is 1.32. The van der Waals surface area contributed by atoms with Gasteiger partial charge in [0.15, 0.2) is 0 Å². The summed E-state index contributed by atoms with van der Waals surface area (Å²) in [5.41, 5.74) is 3.04. The van der Waals surface area contributed by atoms with E-state index < -0.39 is 6.10 Å². The van der Waals surface area contributed by atoms with Gasteiger partial charge in [-0.05, 0) is 42.9 Å². The van der Waals surface area contributed by atoms with Crippen molar-refractivity contribution >= 4 is 0 Å². The molecule has 3 heteroatoms. The van der Waals surface area contributed by atoms with Crippen LogP contribution in [0.5, 0.6) is 5.75 Å². The average molecular weight is 269 g/mol. The zero-order valence-corrected chi connectivity index (χ0v) is 11.6. The van der Waals surface area contributed by atoms with Crippen LogP contribution in [0.15, 0.2) is 42.7 Å². The van der Waals surface area contributed by atoms with Crippen molar-refractivity contribution in [1.82, 2.24) is 4.98 Å². The molecule has 0 radical (unpaired) electrons. The fourth-order valence-corrected chi connectivity index (χ4v) is 2.54. The predicted molar refractivity (Wildman–Crippen MR) is 77.9 cm³/mol. The van der Waals surface area contributed by atoms with Crippen molar-refractivity contribution in [2.24, 2.45) is 0 Å². The first kappa shape index (κ1) is 13.1. The van der Waals surface area contributed by atoms with Gasteiger partial charge in [0.2, 0.25) is 0 Å². The molecule has 0 spiro atoms. The minimum absolute atomic E-state index is 0.597. The van der Waals surface area contributed by atoms with Gasteiger partial charge in [0.05, 0.1) is 12.8 Å². The Hall–Kier alpha value is -1.87. The Kier molecular flexibility index (Phi) is 3.70. The van der Waals surface area contributed by atoms with Crippen LogP contribution >= 0.6 is 0 Å². The summed E-state index contributed by atoms with van der Waals surface area (Å²) in [4.78, 5) is 4.15. The molecule has 104 valence electrons. The molecule has 2 aromatic rings. The smallest absolute Gasteiger partial charge is 0.137 e. The van der Waals surface area contributed by atoms with Crippen LogP contribution in [-0.2, 0) is 0 Å². The van der Waals surface area contributed by atoms with Crippen LogP contribution < -0.4 is 4.74 Å². The Bertz CT molecular complexity index is 593. The first-order valence-electron chi connectivity index (χ1n) is 7.14. The lowest BCUT2D eigenvalue weighted by Crippen LogP contribution is -2.04. The van der Waals surface area contributed by atoms with E-state index in [1.54, 1.807) is 12.4 Å². The molecule has 1 unspecified atom stereocenters. The molecular weight excluding hydrogens is 250 g/mol. The van der Waals surface area contributed by atoms with Gasteiger partial charge in [-0.2, -0.15) is 0 Å². The SMILES string of the molecule is CCOc1cncc(C(O)c2ccccc2C2CC2)c1. The number of aliphatic hydroxyl groups excluding tert-OH is 1. The predicted octanol–water partition coefficient (Wildman–Crippen LogP) is 3.44. The van der Waals surface area contributed by atoms with E-state index in [0.29, 0.717) is 18.3 Å². The largest absolute Gasteiger partial charge is 0.492 e. The normalized spacial score (nSPS) is 15.9. The third kappa shape index (κ3) is 2.68. The highest BCUT2D eigenvalue weighted by Crippen LogP contribution is 2.43. The van der Waals surface area contributed by atoms with E-state index in [4.69, 9.17) is 4.74 Å². The molecule has 1 aromatic carbocycles. The molecule has 1 heterocycles. The van der Waals surface area contributed by atoms with E-state index in [2.05, 4.69) is 11.1 Å². The number of aromatic nitrogens is 1. The van der Waals surface area contributed by atoms with Gasteiger partial charge in [-0.3, -0.25) is 4.98 Å². The van der Waals surface area contributed by atoms with E-state index in [1.807, 2.05) is 31.2 Å². The second kappa shape index (κ2) is 5.63. The maximum atomic E-state index is 10.6. The van der Waals surface area contributed by atoms with Crippen LogP contribution in [0, 0.1) is 0 Å². The Morgan fingerprint density at radius 3 is 2.85 bits per heavy atom. The van der Waals surface area contributed by atoms with E-state index in [9.17, 15) is 5.11 Å². The third-order valence-corrected chi connectivity index (χ3v) is 3.67. The van der Waals surface area contributed by atoms with E-state index in [-0.39, 0.29) is 0 Å². The molecule has 1 aromatic heterocycles. The number of pyridine rings is 1. The summed E-state index contributed by atoms with van der Waals surface area (Å²) >= 11 is 0. The Balaban J connectivity index is 1.92. The van der Waals surface area contributed by atoms with Crippen molar-refractivity contribution in [2.45, 2.75) is 31.8 Å². The number of hydrogen-bond donors (Lipinski definition) is 1. The minimum Gasteiger partial charge on any atom is -0.492 e. The van der Waals surface area contributed by atoms with Crippen LogP contribution in [0.3, 0.4) is 0 Å². The quantitative estimate of drug-likeness (QED) is 0.904. The van der Waals surface area contributed by atoms with E-state index >= 15 is 0 Å². The van der Waals surface area contributed by atoms with E-state index in [1.165, 1.54) is 18.4 Å². The lowest BCUT2D eigenvalue weighted by atomic mass is 9.95. The minimum atomic E-state index is -0.639. The Labute approximate surface area is 119 Å². The summed E-state index contributed by atoms with van der Waals surface area (Å²) in [6, 6.07) is 10.0. The summed E-state index contributed by atoms with van der Waals surface area (Å²) < 4.78 is 5.45. The number of ether oxygens (including phenoxy) is 1. The molecular formula is C17H19NO2. The van der Waals surface area contributed by atoms with Crippen molar-refractivity contribution in [3.8, 4) is 5.75 Å². The summed E-state index contributed by atoms with van der Waals surface area (Å²) in [6.07, 6.45) is 5.19. The van der Waals surface area contributed by atoms with Gasteiger partial charge in [-0.25, -0.2) is 0 Å². The molecule has 1 atom stereocenters. The molecule has 3 nitrogen and oxygen atoms in total. The lowest BCUT2D eigenvalue weighted by molar-refractivity contribution is 0.217. The van der Waals surface area contributed by atoms with Gasteiger partial charge in [0.1, 0.15) is 11.9 Å². The second-order valence-electron chi connectivity index (χ2n) is 5.19. The standard InChI is InChI=1S/C17H19NO2/c1-2-20-14-9-13(10-18-11-14)17(19)16-6-4-3-5-15(16)12-7-8-12/h3-6,9-12,17,19H,2,7-8H2,1H3. The van der Waals surface area contributed by atoms with Gasteiger partial charge in [-0.15, -0.1) is 0 Å². The molecule has 1 aliphatic rings. The topological polar surface area (TPSA) is 42.4 Å². The summed E-state index contributed by atoms with van der Waals surface area (Å²) in [6.45, 7) is 2.53. The van der Waals surface area contributed by atoms with Crippen LogP contribution in [0.4, 0.5) is 0 Å². The van der Waals surface area contributed by atoms with E-state index in [0.717, 1.165) is 11.1 Å². The molecule has 0 bridgehead atoms. The monoisotopic (exact) mass is 269 g/mol. The van der Waals surface area contributed by atoms with Crippen molar-refractivity contribution in [3.05, 3.63) is 59.4 Å². The van der Waals surface area contributed by atoms with Gasteiger partial charge in [0.25, 0.3) is 0 Å². The molecule has 0 amide bonds. The zero-order valence-electron chi connectivity index (χ0n) is 11.6. The van der Waals surface area contributed by atoms with Crippen molar-refractivity contribution in [2.75, 3.05) is 6.61 Å². The van der Waals surface area contributed by atoms with Gasteiger partial charge in [-0.1, -0.05) is 24.3 Å². The van der Waals surface area contributed by atoms with Gasteiger partial charge in [0, 0.05) is 11.8 Å². The van der Waals surface area contributed by atoms with Crippen molar-refractivity contribution in [3.63, 3.8) is 0 Å². The maximum absolute atomic E-state index is 10.6. The maximum Gasteiger partial charge on any atom is 0.137 e. The van der Waals surface area contributed by atoms with Crippen molar-refractivity contribution in [1.29, 1.82) is 0 Å². The van der Waals surface area contributed by atoms with Crippen LogP contribution in [0.25, 0.3) is 0 Å². The highest BCUT2D eigenvalue weighted by atomic mass is 16.5. The lowest BCUT2D eigenvalue weighted by Gasteiger charge is -2.16. The fourth-order valence-electron chi connectivity index (χ4n) is 2.54. The summed E-state index contributed by atoms with van der Waals surface area (Å²) in [7, 11) is 0. The Morgan fingerprint density at radius 2 is 2.10 bits per heavy atom. The van der Waals surface area contributed by atoms with Crippen LogP contribution in [-0.4, -0.2) is 16.7 Å². The number of hydrogen-bond acceptors (Lipinski definition) is 3. The molecule has 1 aliphatic carbocycles. The molecule has 3 rings (SSSR count). The molecule has 1 saturated carbocycles. The second-order valence-corrected chi connectivity index (χ2v) is 5.19. The van der Waals surface area contributed by atoms with Gasteiger partial charge < -0.3 is 9.84 Å². The highest BCUT2D eigenvalue weighted by Gasteiger charge is 2.28. The number of nitrogens with zero attached hydrogens (tertiary/aromatic N) is 1. The summed E-state index contributed by atoms with van der Waals surface area (Å²) in [5, 5.41) is 10.6. The fraction of sp³-hybridized carbons (Fsp3) is 0.353. The van der Waals surface area contributed by atoms with Crippen molar-refractivity contribution < 1.29 is 9.84 Å². The Morgan fingerprint density at radius 1 is 1.30 bits per heavy atom. The number of rotatable bonds is 5. The number of aliphatic hydroxyl groups is 1. The highest BCUT2D eigenvalue weighted by molar-refractivity contribution is 5.40. The molecule has 1 N–H and O–H groups in total. The molecule has 0 aliphatic heterocycles. The first-order valence-corrected chi connectivity index (χ1v) is 7.14. The van der Waals surface area contributed by atoms with Crippen LogP contribution in [0.2, 0.25) is 0 Å². The van der Waals surface area contributed by atoms with Crippen LogP contribution in [0.1, 0.15) is 48.5 Å². The molecule has 1 fully saturated rings. The first-order chi connectivity index (χ1) is 9.79. The average Bonchev–Trinajstić information content (AvgIpc) is 3.32. The molecule has 0 saturated heterocycles. The van der Waals surface area contributed by atoms with Gasteiger partial charge >= 0.3 is 0 Å². The third-order valence-electron chi connectivity index (χ3n) is 3.67. The number of benzene rings is 1. The zero-order chi connectivity index (χ0) is 13.9. The molecule has 20 heavy (non-hydrogen) atoms.